The highest BCUT2D eigenvalue weighted by Gasteiger charge is 2.55. The number of aliphatic hydroxyl groups is 1. The molecule has 2 N–H and O–H groups in total. The van der Waals surface area contributed by atoms with Gasteiger partial charge >= 0.3 is 12.1 Å². The van der Waals surface area contributed by atoms with Crippen LogP contribution in [0.5, 0.6) is 0 Å². The molecule has 11 nitrogen and oxygen atoms in total. The standard InChI is InChI=1S/C31H46N2O9/c1-19(7-10-26-28(35)31(18-40-31)13-15-39-26)6-9-25-20(2)16-24(22(4)42-25)32-27(34)11-8-21(3)41-30(37)33-14-12-23(17-33)29(36)38-5/h6-8,10-11,20-26,28,35H,9,12-18H2,1-5H3,(H,32,34)/b10-7+,11-8-,19-6+/t20-,21-,22+,23-,24+,25-,26+,28+,31+/m0/s1. The molecule has 42 heavy (non-hydrogen) atoms. The third kappa shape index (κ3) is 8.21. The summed E-state index contributed by atoms with van der Waals surface area (Å²) in [6, 6.07) is -0.141. The largest absolute Gasteiger partial charge is 0.469 e. The van der Waals surface area contributed by atoms with Gasteiger partial charge in [0.15, 0.2) is 0 Å². The Kier molecular flexibility index (Phi) is 10.9. The van der Waals surface area contributed by atoms with E-state index in [1.165, 1.54) is 24.2 Å². The summed E-state index contributed by atoms with van der Waals surface area (Å²) >= 11 is 0. The van der Waals surface area contributed by atoms with Gasteiger partial charge in [-0.2, -0.15) is 0 Å². The lowest BCUT2D eigenvalue weighted by molar-refractivity contribution is -0.144. The number of aliphatic hydroxyl groups excluding tert-OH is 1. The van der Waals surface area contributed by atoms with E-state index < -0.39 is 23.9 Å². The van der Waals surface area contributed by atoms with Gasteiger partial charge in [0.1, 0.15) is 23.9 Å². The van der Waals surface area contributed by atoms with Crippen LogP contribution in [-0.2, 0) is 33.3 Å². The predicted molar refractivity (Wildman–Crippen MR) is 153 cm³/mol. The molecule has 0 aliphatic carbocycles. The Hall–Kier alpha value is -2.73. The molecule has 0 saturated carbocycles. The van der Waals surface area contributed by atoms with Crippen LogP contribution in [0.3, 0.4) is 0 Å². The number of esters is 1. The molecule has 4 saturated heterocycles. The predicted octanol–water partition coefficient (Wildman–Crippen LogP) is 2.67. The van der Waals surface area contributed by atoms with Gasteiger partial charge in [0, 0.05) is 25.6 Å². The minimum absolute atomic E-state index is 0.0236. The number of amides is 2. The van der Waals surface area contributed by atoms with Crippen molar-refractivity contribution in [1.29, 1.82) is 0 Å². The average molecular weight is 591 g/mol. The minimum Gasteiger partial charge on any atom is -0.469 e. The molecule has 0 aromatic rings. The lowest BCUT2D eigenvalue weighted by Gasteiger charge is -2.39. The molecule has 0 aromatic heterocycles. The van der Waals surface area contributed by atoms with Crippen LogP contribution >= 0.6 is 0 Å². The molecule has 0 radical (unpaired) electrons. The summed E-state index contributed by atoms with van der Waals surface area (Å²) < 4.78 is 27.6. The lowest BCUT2D eigenvalue weighted by atomic mass is 9.88. The molecular weight excluding hydrogens is 544 g/mol. The van der Waals surface area contributed by atoms with Crippen LogP contribution < -0.4 is 5.32 Å². The second-order valence-corrected chi connectivity index (χ2v) is 12.0. The number of methoxy groups -OCH3 is 1. The smallest absolute Gasteiger partial charge is 0.410 e. The second kappa shape index (κ2) is 14.2. The van der Waals surface area contributed by atoms with Gasteiger partial charge in [0.25, 0.3) is 0 Å². The molecule has 4 rings (SSSR count). The summed E-state index contributed by atoms with van der Waals surface area (Å²) in [6.45, 7) is 9.65. The fourth-order valence-electron chi connectivity index (χ4n) is 5.82. The van der Waals surface area contributed by atoms with Gasteiger partial charge in [-0.05, 0) is 52.0 Å². The molecule has 0 unspecified atom stereocenters. The number of epoxide rings is 1. The van der Waals surface area contributed by atoms with Crippen LogP contribution in [0.1, 0.15) is 53.4 Å². The van der Waals surface area contributed by atoms with E-state index in [1.807, 2.05) is 26.0 Å². The molecule has 0 bridgehead atoms. The zero-order chi connectivity index (χ0) is 30.4. The number of ether oxygens (including phenoxy) is 5. The molecule has 234 valence electrons. The van der Waals surface area contributed by atoms with E-state index in [2.05, 4.69) is 18.3 Å². The maximum Gasteiger partial charge on any atom is 0.410 e. The van der Waals surface area contributed by atoms with Gasteiger partial charge in [-0.15, -0.1) is 0 Å². The zero-order valence-corrected chi connectivity index (χ0v) is 25.3. The van der Waals surface area contributed by atoms with Crippen molar-refractivity contribution in [2.24, 2.45) is 11.8 Å². The first kappa shape index (κ1) is 32.2. The summed E-state index contributed by atoms with van der Waals surface area (Å²) in [6.07, 6.45) is 9.44. The van der Waals surface area contributed by atoms with E-state index in [9.17, 15) is 19.5 Å². The maximum absolute atomic E-state index is 12.6. The highest BCUT2D eigenvalue weighted by atomic mass is 16.6. The van der Waals surface area contributed by atoms with Gasteiger partial charge in [0.05, 0.1) is 44.5 Å². The molecule has 4 aliphatic heterocycles. The normalized spacial score (nSPS) is 35.9. The van der Waals surface area contributed by atoms with Crippen LogP contribution in [0.2, 0.25) is 0 Å². The van der Waals surface area contributed by atoms with Crippen LogP contribution in [0, 0.1) is 11.8 Å². The Labute approximate surface area is 248 Å². The van der Waals surface area contributed by atoms with Crippen LogP contribution in [-0.4, -0.2) is 104 Å². The Morgan fingerprint density at radius 3 is 2.71 bits per heavy atom. The van der Waals surface area contributed by atoms with Crippen molar-refractivity contribution in [2.45, 2.75) is 95.5 Å². The summed E-state index contributed by atoms with van der Waals surface area (Å²) in [5, 5.41) is 13.5. The molecule has 11 heteroatoms. The summed E-state index contributed by atoms with van der Waals surface area (Å²) in [7, 11) is 1.33. The van der Waals surface area contributed by atoms with E-state index in [4.69, 9.17) is 23.7 Å². The number of carbonyl (C=O) groups is 3. The number of likely N-dealkylation sites (tertiary alicyclic amines) is 1. The number of nitrogens with zero attached hydrogens (tertiary/aromatic N) is 1. The van der Waals surface area contributed by atoms with Crippen LogP contribution in [0.25, 0.3) is 0 Å². The van der Waals surface area contributed by atoms with E-state index in [-0.39, 0.29) is 54.6 Å². The van der Waals surface area contributed by atoms with Crippen molar-refractivity contribution in [3.63, 3.8) is 0 Å². The quantitative estimate of drug-likeness (QED) is 0.180. The van der Waals surface area contributed by atoms with Gasteiger partial charge in [-0.3, -0.25) is 9.59 Å². The first-order valence-electron chi connectivity index (χ1n) is 15.0. The van der Waals surface area contributed by atoms with Crippen molar-refractivity contribution in [2.75, 3.05) is 33.4 Å². The SMILES string of the molecule is COC(=O)[C@H]1CCN(C(=O)O[C@@H](C)/C=C\C(=O)N[C@@H]2C[C@H](C)[C@H](C/C=C(C)/C=C/[C@H]3OCC[C@@]4(CO4)[C@@H]3O)O[C@@H]2C)C1. The first-order chi connectivity index (χ1) is 20.0. The second-order valence-electron chi connectivity index (χ2n) is 12.0. The number of nitrogens with one attached hydrogen (secondary N) is 1. The highest BCUT2D eigenvalue weighted by molar-refractivity contribution is 5.87. The Morgan fingerprint density at radius 2 is 2.00 bits per heavy atom. The minimum atomic E-state index is -0.643. The number of carbonyl (C=O) groups excluding carboxylic acids is 3. The highest BCUT2D eigenvalue weighted by Crippen LogP contribution is 2.40. The number of rotatable bonds is 9. The van der Waals surface area contributed by atoms with Crippen molar-refractivity contribution in [3.05, 3.63) is 36.0 Å². The fourth-order valence-corrected chi connectivity index (χ4v) is 5.82. The molecule has 2 amide bonds. The van der Waals surface area contributed by atoms with E-state index in [1.54, 1.807) is 6.92 Å². The molecule has 9 atom stereocenters. The van der Waals surface area contributed by atoms with Gasteiger partial charge < -0.3 is 39.0 Å². The van der Waals surface area contributed by atoms with Crippen LogP contribution in [0.15, 0.2) is 36.0 Å². The topological polar surface area (TPSA) is 136 Å². The third-order valence-corrected chi connectivity index (χ3v) is 8.75. The Morgan fingerprint density at radius 1 is 1.24 bits per heavy atom. The van der Waals surface area contributed by atoms with Crippen molar-refractivity contribution in [1.82, 2.24) is 10.2 Å². The summed E-state index contributed by atoms with van der Waals surface area (Å²) in [5.74, 6) is -0.709. The van der Waals surface area contributed by atoms with Crippen LogP contribution in [0.4, 0.5) is 4.79 Å². The van der Waals surface area contributed by atoms with E-state index in [0.717, 1.165) is 24.8 Å². The average Bonchev–Trinajstić information content (AvgIpc) is 3.56. The fraction of sp³-hybridized carbons (Fsp3) is 0.710. The van der Waals surface area contributed by atoms with E-state index in [0.29, 0.717) is 26.2 Å². The first-order valence-corrected chi connectivity index (χ1v) is 15.0. The monoisotopic (exact) mass is 590 g/mol. The maximum atomic E-state index is 12.6. The molecule has 4 aliphatic rings. The van der Waals surface area contributed by atoms with Crippen molar-refractivity contribution >= 4 is 18.0 Å². The molecular formula is C31H46N2O9. The number of hydrogen-bond acceptors (Lipinski definition) is 9. The zero-order valence-electron chi connectivity index (χ0n) is 25.3. The summed E-state index contributed by atoms with van der Waals surface area (Å²) in [5.41, 5.74) is 0.652. The van der Waals surface area contributed by atoms with E-state index >= 15 is 0 Å². The molecule has 4 heterocycles. The lowest BCUT2D eigenvalue weighted by Crippen LogP contribution is -2.50. The van der Waals surface area contributed by atoms with Gasteiger partial charge in [0.2, 0.25) is 5.91 Å². The Bertz CT molecular complexity index is 1070. The van der Waals surface area contributed by atoms with Crippen molar-refractivity contribution in [3.8, 4) is 0 Å². The van der Waals surface area contributed by atoms with Crippen molar-refractivity contribution < 1.29 is 43.2 Å². The molecule has 0 aromatic carbocycles. The van der Waals surface area contributed by atoms with Gasteiger partial charge in [-0.1, -0.05) is 30.7 Å². The third-order valence-electron chi connectivity index (χ3n) is 8.75. The molecule has 1 spiro atoms. The number of hydrogen-bond donors (Lipinski definition) is 2. The van der Waals surface area contributed by atoms with Gasteiger partial charge in [-0.25, -0.2) is 4.79 Å². The Balaban J connectivity index is 1.18. The number of allylic oxidation sites excluding steroid dienone is 2. The summed E-state index contributed by atoms with van der Waals surface area (Å²) in [4.78, 5) is 38.2. The molecule has 4 fully saturated rings.